The molecular formula is C8H12N2O2. The molecule has 4 nitrogen and oxygen atoms in total. The Bertz CT molecular complexity index is 330. The second kappa shape index (κ2) is 3.30. The zero-order valence-corrected chi connectivity index (χ0v) is 7.16. The van der Waals surface area contributed by atoms with E-state index in [0.717, 1.165) is 4.73 Å². The van der Waals surface area contributed by atoms with E-state index in [1.54, 1.807) is 6.92 Å². The first-order valence-electron chi connectivity index (χ1n) is 3.75. The number of aromatic nitrogens is 1. The van der Waals surface area contributed by atoms with Crippen LogP contribution in [-0.2, 0) is 0 Å². The standard InChI is InChI=1S/C8H12N2O2/c1-3-12-8-4-7(9)6(2)5-10(8)11/h4-5,9,11H,3H2,1-2H3. The van der Waals surface area contributed by atoms with E-state index in [9.17, 15) is 5.21 Å². The predicted molar refractivity (Wildman–Crippen MR) is 43.4 cm³/mol. The lowest BCUT2D eigenvalue weighted by Crippen LogP contribution is -2.11. The van der Waals surface area contributed by atoms with Crippen molar-refractivity contribution in [2.24, 2.45) is 0 Å². The molecule has 66 valence electrons. The summed E-state index contributed by atoms with van der Waals surface area (Å²) in [5.41, 5.74) is 0.709. The van der Waals surface area contributed by atoms with Gasteiger partial charge in [0.15, 0.2) is 0 Å². The minimum Gasteiger partial charge on any atom is -0.477 e. The zero-order valence-electron chi connectivity index (χ0n) is 7.16. The maximum Gasteiger partial charge on any atom is 0.229 e. The summed E-state index contributed by atoms with van der Waals surface area (Å²) in [4.78, 5) is 0. The molecule has 0 bridgehead atoms. The van der Waals surface area contributed by atoms with Crippen LogP contribution in [0.15, 0.2) is 12.3 Å². The summed E-state index contributed by atoms with van der Waals surface area (Å²) >= 11 is 0. The summed E-state index contributed by atoms with van der Waals surface area (Å²) < 4.78 is 5.95. The van der Waals surface area contributed by atoms with Crippen molar-refractivity contribution in [3.8, 4) is 5.88 Å². The van der Waals surface area contributed by atoms with Crippen LogP contribution in [0.25, 0.3) is 0 Å². The van der Waals surface area contributed by atoms with Crippen LogP contribution in [0, 0.1) is 12.3 Å². The molecule has 1 aromatic rings. The van der Waals surface area contributed by atoms with Gasteiger partial charge < -0.3 is 15.4 Å². The molecule has 12 heavy (non-hydrogen) atoms. The van der Waals surface area contributed by atoms with Crippen LogP contribution in [0.1, 0.15) is 12.5 Å². The van der Waals surface area contributed by atoms with Crippen molar-refractivity contribution in [2.75, 3.05) is 6.61 Å². The third-order valence-electron chi connectivity index (χ3n) is 1.53. The Labute approximate surface area is 70.5 Å². The van der Waals surface area contributed by atoms with Gasteiger partial charge in [-0.05, 0) is 19.4 Å². The molecule has 4 heteroatoms. The van der Waals surface area contributed by atoms with Crippen LogP contribution >= 0.6 is 0 Å². The molecule has 1 heterocycles. The average molecular weight is 168 g/mol. The highest BCUT2D eigenvalue weighted by molar-refractivity contribution is 5.16. The first kappa shape index (κ1) is 8.64. The summed E-state index contributed by atoms with van der Waals surface area (Å²) in [6.45, 7) is 4.05. The fourth-order valence-corrected chi connectivity index (χ4v) is 0.876. The molecule has 2 N–H and O–H groups in total. The second-order valence-electron chi connectivity index (χ2n) is 2.49. The van der Waals surface area contributed by atoms with Crippen molar-refractivity contribution in [3.05, 3.63) is 23.2 Å². The van der Waals surface area contributed by atoms with Gasteiger partial charge in [-0.25, -0.2) is 0 Å². The number of hydrogen-bond donors (Lipinski definition) is 2. The SMILES string of the molecule is CCOc1cc(=N)c(C)cn1O. The van der Waals surface area contributed by atoms with Crippen molar-refractivity contribution in [3.63, 3.8) is 0 Å². The second-order valence-corrected chi connectivity index (χ2v) is 2.49. The molecule has 0 unspecified atom stereocenters. The van der Waals surface area contributed by atoms with Gasteiger partial charge in [-0.2, -0.15) is 4.73 Å². The van der Waals surface area contributed by atoms with E-state index in [2.05, 4.69) is 0 Å². The highest BCUT2D eigenvalue weighted by Crippen LogP contribution is 2.05. The molecule has 0 saturated heterocycles. The van der Waals surface area contributed by atoms with E-state index in [1.807, 2.05) is 6.92 Å². The van der Waals surface area contributed by atoms with Crippen LogP contribution in [0.3, 0.4) is 0 Å². The molecule has 0 spiro atoms. The van der Waals surface area contributed by atoms with E-state index in [4.69, 9.17) is 10.1 Å². The molecule has 0 aliphatic rings. The lowest BCUT2D eigenvalue weighted by Gasteiger charge is -2.07. The van der Waals surface area contributed by atoms with Crippen molar-refractivity contribution >= 4 is 0 Å². The molecule has 0 amide bonds. The first-order valence-corrected chi connectivity index (χ1v) is 3.75. The average Bonchev–Trinajstić information content (AvgIpc) is 2.01. The van der Waals surface area contributed by atoms with E-state index < -0.39 is 0 Å². The molecule has 0 aromatic carbocycles. The first-order chi connectivity index (χ1) is 5.65. The molecule has 0 aliphatic carbocycles. The number of nitrogens with zero attached hydrogens (tertiary/aromatic N) is 1. The Hall–Kier alpha value is -1.45. The van der Waals surface area contributed by atoms with Gasteiger partial charge in [0, 0.05) is 6.07 Å². The summed E-state index contributed by atoms with van der Waals surface area (Å²) in [6.07, 6.45) is 1.45. The minimum atomic E-state index is 0.299. The van der Waals surface area contributed by atoms with E-state index in [0.29, 0.717) is 23.4 Å². The third-order valence-corrected chi connectivity index (χ3v) is 1.53. The smallest absolute Gasteiger partial charge is 0.229 e. The van der Waals surface area contributed by atoms with Crippen molar-refractivity contribution < 1.29 is 9.94 Å². The van der Waals surface area contributed by atoms with E-state index in [1.165, 1.54) is 12.3 Å². The van der Waals surface area contributed by atoms with E-state index >= 15 is 0 Å². The lowest BCUT2D eigenvalue weighted by atomic mass is 10.3. The van der Waals surface area contributed by atoms with E-state index in [-0.39, 0.29) is 0 Å². The van der Waals surface area contributed by atoms with Gasteiger partial charge in [-0.15, -0.1) is 0 Å². The highest BCUT2D eigenvalue weighted by Gasteiger charge is 1.99. The van der Waals surface area contributed by atoms with Gasteiger partial charge >= 0.3 is 0 Å². The number of ether oxygens (including phenoxy) is 1. The predicted octanol–water partition coefficient (Wildman–Crippen LogP) is 0.912. The number of aryl methyl sites for hydroxylation is 1. The van der Waals surface area contributed by atoms with Gasteiger partial charge in [-0.3, -0.25) is 0 Å². The normalized spacial score (nSPS) is 9.83. The number of pyridine rings is 1. The van der Waals surface area contributed by atoms with Crippen LogP contribution in [0.4, 0.5) is 0 Å². The van der Waals surface area contributed by atoms with Crippen LogP contribution in [0.5, 0.6) is 5.88 Å². The Morgan fingerprint density at radius 3 is 2.92 bits per heavy atom. The van der Waals surface area contributed by atoms with Gasteiger partial charge in [-0.1, -0.05) is 0 Å². The summed E-state index contributed by atoms with van der Waals surface area (Å²) in [6, 6.07) is 1.48. The number of hydrogen-bond acceptors (Lipinski definition) is 3. The van der Waals surface area contributed by atoms with Crippen LogP contribution in [-0.4, -0.2) is 16.5 Å². The Kier molecular flexibility index (Phi) is 2.38. The lowest BCUT2D eigenvalue weighted by molar-refractivity contribution is 0.139. The van der Waals surface area contributed by atoms with Crippen LogP contribution < -0.4 is 10.1 Å². The van der Waals surface area contributed by atoms with Crippen molar-refractivity contribution in [1.29, 1.82) is 5.41 Å². The van der Waals surface area contributed by atoms with Crippen LogP contribution in [0.2, 0.25) is 0 Å². The van der Waals surface area contributed by atoms with Gasteiger partial charge in [0.1, 0.15) is 0 Å². The largest absolute Gasteiger partial charge is 0.477 e. The van der Waals surface area contributed by atoms with Gasteiger partial charge in [0.25, 0.3) is 0 Å². The molecule has 0 atom stereocenters. The third kappa shape index (κ3) is 1.58. The molecule has 0 saturated carbocycles. The molecule has 0 fully saturated rings. The molecular weight excluding hydrogens is 156 g/mol. The summed E-state index contributed by atoms with van der Waals surface area (Å²) in [5.74, 6) is 0.299. The quantitative estimate of drug-likeness (QED) is 0.645. The van der Waals surface area contributed by atoms with Gasteiger partial charge in [0.2, 0.25) is 5.88 Å². The summed E-state index contributed by atoms with van der Waals surface area (Å²) in [7, 11) is 0. The Balaban J connectivity index is 3.14. The topological polar surface area (TPSA) is 58.2 Å². The fraction of sp³-hybridized carbons (Fsp3) is 0.375. The molecule has 0 radical (unpaired) electrons. The minimum absolute atomic E-state index is 0.299. The van der Waals surface area contributed by atoms with Crippen molar-refractivity contribution in [2.45, 2.75) is 13.8 Å². The fourth-order valence-electron chi connectivity index (χ4n) is 0.876. The maximum absolute atomic E-state index is 9.26. The number of rotatable bonds is 2. The molecule has 0 aliphatic heterocycles. The summed E-state index contributed by atoms with van der Waals surface area (Å²) in [5, 5.41) is 17.1. The highest BCUT2D eigenvalue weighted by atomic mass is 16.5. The maximum atomic E-state index is 9.26. The number of nitrogens with one attached hydrogen (secondary N) is 1. The monoisotopic (exact) mass is 168 g/mol. The Morgan fingerprint density at radius 2 is 2.33 bits per heavy atom. The Morgan fingerprint density at radius 1 is 1.67 bits per heavy atom. The molecule has 1 aromatic heterocycles. The molecule has 1 rings (SSSR count). The zero-order chi connectivity index (χ0) is 9.14. The van der Waals surface area contributed by atoms with Crippen molar-refractivity contribution in [1.82, 2.24) is 4.73 Å². The van der Waals surface area contributed by atoms with Gasteiger partial charge in [0.05, 0.1) is 18.2 Å².